The monoisotopic (exact) mass is 613 g/mol. The number of rotatable bonds is 10. The SMILES string of the molecule is CCCCN1C(=O)[C@@H](CC2(O)CCCC2)NC(=O)C12CCN(Cc1ccc(Oc3ccc(C(=O)O)cc3C)cc1)CC2.Cl. The molecule has 2 amide bonds. The second-order valence-electron chi connectivity index (χ2n) is 12.3. The normalized spacial score (nSPS) is 21.4. The van der Waals surface area contributed by atoms with Crippen molar-refractivity contribution in [3.05, 3.63) is 59.2 Å². The van der Waals surface area contributed by atoms with E-state index >= 15 is 0 Å². The van der Waals surface area contributed by atoms with E-state index in [2.05, 4.69) is 17.1 Å². The fraction of sp³-hybridized carbons (Fsp3) is 0.545. The summed E-state index contributed by atoms with van der Waals surface area (Å²) in [4.78, 5) is 42.8. The summed E-state index contributed by atoms with van der Waals surface area (Å²) in [5, 5.41) is 23.2. The van der Waals surface area contributed by atoms with Gasteiger partial charge in [-0.3, -0.25) is 14.5 Å². The highest BCUT2D eigenvalue weighted by Crippen LogP contribution is 2.38. The maximum atomic E-state index is 13.7. The summed E-state index contributed by atoms with van der Waals surface area (Å²) in [6.07, 6.45) is 6.55. The first-order chi connectivity index (χ1) is 20.1. The maximum Gasteiger partial charge on any atom is 0.335 e. The number of benzene rings is 2. The standard InChI is InChI=1S/C33H43N3O6.ClH/c1-3-4-17-36-29(37)27(21-32(41)13-5-6-14-32)34-31(40)33(36)15-18-35(19-16-33)22-24-7-10-26(11-8-24)42-28-12-9-25(30(38)39)20-23(28)2;/h7-12,20,27,41H,3-6,13-19,21-22H2,1-2H3,(H,34,40)(H,38,39);1H/t27-;/m1./s1. The number of aliphatic hydroxyl groups is 1. The molecule has 1 spiro atoms. The lowest BCUT2D eigenvalue weighted by molar-refractivity contribution is -0.163. The van der Waals surface area contributed by atoms with Gasteiger partial charge in [-0.1, -0.05) is 38.3 Å². The van der Waals surface area contributed by atoms with Crippen LogP contribution in [-0.2, 0) is 16.1 Å². The predicted octanol–water partition coefficient (Wildman–Crippen LogP) is 5.06. The predicted molar refractivity (Wildman–Crippen MR) is 166 cm³/mol. The summed E-state index contributed by atoms with van der Waals surface area (Å²) in [6, 6.07) is 12.0. The Morgan fingerprint density at radius 1 is 1.05 bits per heavy atom. The average Bonchev–Trinajstić information content (AvgIpc) is 3.40. The van der Waals surface area contributed by atoms with E-state index in [0.717, 1.165) is 43.4 Å². The zero-order chi connectivity index (χ0) is 29.9. The smallest absolute Gasteiger partial charge is 0.335 e. The molecule has 43 heavy (non-hydrogen) atoms. The molecule has 9 nitrogen and oxygen atoms in total. The third-order valence-corrected chi connectivity index (χ3v) is 9.32. The third-order valence-electron chi connectivity index (χ3n) is 9.32. The van der Waals surface area contributed by atoms with E-state index in [-0.39, 0.29) is 29.8 Å². The van der Waals surface area contributed by atoms with E-state index in [1.165, 1.54) is 6.07 Å². The number of carbonyl (C=O) groups is 3. The van der Waals surface area contributed by atoms with Crippen molar-refractivity contribution in [1.82, 2.24) is 15.1 Å². The van der Waals surface area contributed by atoms with Gasteiger partial charge in [-0.05, 0) is 80.5 Å². The minimum Gasteiger partial charge on any atom is -0.478 e. The molecule has 3 aliphatic rings. The number of piperidine rings is 1. The highest BCUT2D eigenvalue weighted by Gasteiger charge is 2.54. The van der Waals surface area contributed by atoms with Gasteiger partial charge in [0.05, 0.1) is 11.2 Å². The zero-order valence-corrected chi connectivity index (χ0v) is 26.0. The number of carboxylic acid groups (broad SMARTS) is 1. The van der Waals surface area contributed by atoms with Gasteiger partial charge in [0, 0.05) is 32.6 Å². The summed E-state index contributed by atoms with van der Waals surface area (Å²) in [7, 11) is 0. The summed E-state index contributed by atoms with van der Waals surface area (Å²) in [5.41, 5.74) is 0.406. The minimum absolute atomic E-state index is 0. The van der Waals surface area contributed by atoms with Gasteiger partial charge in [0.2, 0.25) is 11.8 Å². The Morgan fingerprint density at radius 3 is 2.33 bits per heavy atom. The van der Waals surface area contributed by atoms with E-state index in [9.17, 15) is 24.6 Å². The highest BCUT2D eigenvalue weighted by molar-refractivity contribution is 6.00. The Hall–Kier alpha value is -3.14. The largest absolute Gasteiger partial charge is 0.478 e. The van der Waals surface area contributed by atoms with Crippen LogP contribution in [0.5, 0.6) is 11.5 Å². The van der Waals surface area contributed by atoms with Gasteiger partial charge < -0.3 is 25.2 Å². The number of amides is 2. The lowest BCUT2D eigenvalue weighted by atomic mass is 9.80. The molecule has 2 heterocycles. The van der Waals surface area contributed by atoms with Crippen LogP contribution in [0.3, 0.4) is 0 Å². The molecule has 5 rings (SSSR count). The van der Waals surface area contributed by atoms with Crippen LogP contribution in [-0.4, -0.2) is 74.6 Å². The van der Waals surface area contributed by atoms with E-state index < -0.39 is 23.2 Å². The van der Waals surface area contributed by atoms with Crippen LogP contribution in [0.25, 0.3) is 0 Å². The first-order valence-electron chi connectivity index (χ1n) is 15.3. The molecule has 0 radical (unpaired) electrons. The molecule has 2 aromatic rings. The number of likely N-dealkylation sites (tertiary alicyclic amines) is 1. The Morgan fingerprint density at radius 2 is 1.72 bits per heavy atom. The molecule has 1 atom stereocenters. The second-order valence-corrected chi connectivity index (χ2v) is 12.3. The molecule has 3 fully saturated rings. The van der Waals surface area contributed by atoms with Gasteiger partial charge in [-0.15, -0.1) is 12.4 Å². The number of aromatic carboxylic acids is 1. The number of hydrogen-bond donors (Lipinski definition) is 3. The van der Waals surface area contributed by atoms with E-state index in [4.69, 9.17) is 4.74 Å². The fourth-order valence-corrected chi connectivity index (χ4v) is 6.79. The van der Waals surface area contributed by atoms with Crippen LogP contribution in [0.2, 0.25) is 0 Å². The van der Waals surface area contributed by atoms with Crippen molar-refractivity contribution >= 4 is 30.2 Å². The molecule has 2 aromatic carbocycles. The molecule has 0 bridgehead atoms. The maximum absolute atomic E-state index is 13.7. The van der Waals surface area contributed by atoms with Crippen LogP contribution in [0.15, 0.2) is 42.5 Å². The fourth-order valence-electron chi connectivity index (χ4n) is 6.79. The topological polar surface area (TPSA) is 119 Å². The second kappa shape index (κ2) is 13.7. The van der Waals surface area contributed by atoms with Crippen molar-refractivity contribution < 1.29 is 29.3 Å². The number of halogens is 1. The lowest BCUT2D eigenvalue weighted by Gasteiger charge is -2.52. The highest BCUT2D eigenvalue weighted by atomic mass is 35.5. The first kappa shape index (κ1) is 32.8. The molecule has 3 N–H and O–H groups in total. The van der Waals surface area contributed by atoms with Crippen LogP contribution < -0.4 is 10.1 Å². The van der Waals surface area contributed by atoms with Gasteiger partial charge >= 0.3 is 5.97 Å². The van der Waals surface area contributed by atoms with E-state index in [1.807, 2.05) is 36.1 Å². The van der Waals surface area contributed by atoms with Crippen molar-refractivity contribution in [3.8, 4) is 11.5 Å². The van der Waals surface area contributed by atoms with Crippen LogP contribution in [0.1, 0.15) is 86.2 Å². The molecular weight excluding hydrogens is 570 g/mol. The van der Waals surface area contributed by atoms with Crippen LogP contribution >= 0.6 is 12.4 Å². The molecule has 1 aliphatic carbocycles. The molecule has 1 saturated carbocycles. The lowest BCUT2D eigenvalue weighted by Crippen LogP contribution is -2.73. The minimum atomic E-state index is -0.967. The molecular formula is C33H44ClN3O6. The summed E-state index contributed by atoms with van der Waals surface area (Å²) in [5.74, 6) is 0.202. The van der Waals surface area contributed by atoms with Gasteiger partial charge in [0.15, 0.2) is 0 Å². The van der Waals surface area contributed by atoms with Crippen molar-refractivity contribution in [2.45, 2.75) is 95.4 Å². The van der Waals surface area contributed by atoms with E-state index in [1.54, 1.807) is 12.1 Å². The molecule has 2 aliphatic heterocycles. The quantitative estimate of drug-likeness (QED) is 0.342. The van der Waals surface area contributed by atoms with Crippen LogP contribution in [0, 0.1) is 6.92 Å². The van der Waals surface area contributed by atoms with Crippen molar-refractivity contribution in [2.24, 2.45) is 0 Å². The number of ether oxygens (including phenoxy) is 1. The Balaban J connectivity index is 0.00000423. The molecule has 2 saturated heterocycles. The number of piperazine rings is 1. The van der Waals surface area contributed by atoms with Crippen LogP contribution in [0.4, 0.5) is 0 Å². The summed E-state index contributed by atoms with van der Waals surface area (Å²) in [6.45, 7) is 6.60. The zero-order valence-electron chi connectivity index (χ0n) is 25.1. The number of carboxylic acids is 1. The molecule has 234 valence electrons. The summed E-state index contributed by atoms with van der Waals surface area (Å²) >= 11 is 0. The number of unbranched alkanes of at least 4 members (excludes halogenated alkanes) is 1. The summed E-state index contributed by atoms with van der Waals surface area (Å²) < 4.78 is 5.98. The van der Waals surface area contributed by atoms with Crippen molar-refractivity contribution in [3.63, 3.8) is 0 Å². The first-order valence-corrected chi connectivity index (χ1v) is 15.3. The van der Waals surface area contributed by atoms with Gasteiger partial charge in [0.1, 0.15) is 23.1 Å². The Labute approximate surface area is 260 Å². The van der Waals surface area contributed by atoms with Gasteiger partial charge in [-0.25, -0.2) is 4.79 Å². The number of nitrogens with one attached hydrogen (secondary N) is 1. The third kappa shape index (κ3) is 7.16. The number of hydrogen-bond acceptors (Lipinski definition) is 6. The molecule has 0 aromatic heterocycles. The van der Waals surface area contributed by atoms with E-state index in [0.29, 0.717) is 63.2 Å². The Bertz CT molecular complexity index is 1300. The van der Waals surface area contributed by atoms with Crippen molar-refractivity contribution in [1.29, 1.82) is 0 Å². The van der Waals surface area contributed by atoms with Gasteiger partial charge in [-0.2, -0.15) is 0 Å². The number of aryl methyl sites for hydroxylation is 1. The number of carbonyl (C=O) groups excluding carboxylic acids is 2. The van der Waals surface area contributed by atoms with Crippen molar-refractivity contribution in [2.75, 3.05) is 19.6 Å². The molecule has 0 unspecified atom stereocenters. The average molecular weight is 614 g/mol. The Kier molecular flexibility index (Phi) is 10.4. The van der Waals surface area contributed by atoms with Gasteiger partial charge in [0.25, 0.3) is 0 Å². The molecule has 10 heteroatoms. The number of nitrogens with zero attached hydrogens (tertiary/aromatic N) is 2.